The van der Waals surface area contributed by atoms with Crippen LogP contribution in [-0.2, 0) is 11.9 Å². The van der Waals surface area contributed by atoms with Gasteiger partial charge in [0, 0.05) is 19.8 Å². The van der Waals surface area contributed by atoms with E-state index in [1.54, 1.807) is 37.2 Å². The molecule has 4 rings (SSSR count). The van der Waals surface area contributed by atoms with Crippen molar-refractivity contribution in [2.75, 3.05) is 19.0 Å². The van der Waals surface area contributed by atoms with E-state index in [-0.39, 0.29) is 23.0 Å². The molecule has 0 spiro atoms. The molecular formula is C21H17F3N4O2S. The van der Waals surface area contributed by atoms with Gasteiger partial charge >= 0.3 is 6.18 Å². The van der Waals surface area contributed by atoms with Gasteiger partial charge in [-0.25, -0.2) is 9.97 Å². The van der Waals surface area contributed by atoms with Crippen molar-refractivity contribution in [2.45, 2.75) is 17.0 Å². The summed E-state index contributed by atoms with van der Waals surface area (Å²) in [6, 6.07) is 8.46. The molecule has 1 aliphatic heterocycles. The first-order valence-electron chi connectivity index (χ1n) is 9.12. The van der Waals surface area contributed by atoms with Crippen LogP contribution in [-0.4, -0.2) is 34.9 Å². The summed E-state index contributed by atoms with van der Waals surface area (Å²) in [6.07, 6.45) is -2.95. The number of carbonyl (C=O) groups is 1. The van der Waals surface area contributed by atoms with Crippen molar-refractivity contribution in [2.24, 2.45) is 0 Å². The summed E-state index contributed by atoms with van der Waals surface area (Å²) in [5, 5.41) is 0.352. The Labute approximate surface area is 180 Å². The Morgan fingerprint density at radius 1 is 1.13 bits per heavy atom. The number of benzene rings is 1. The number of furan rings is 1. The van der Waals surface area contributed by atoms with E-state index in [1.807, 2.05) is 0 Å². The van der Waals surface area contributed by atoms with E-state index < -0.39 is 11.7 Å². The normalized spacial score (nSPS) is 14.2. The molecule has 0 unspecified atom stereocenters. The lowest BCUT2D eigenvalue weighted by atomic mass is 10.1. The van der Waals surface area contributed by atoms with Crippen LogP contribution >= 0.6 is 11.8 Å². The van der Waals surface area contributed by atoms with E-state index >= 15 is 0 Å². The number of hydrogen-bond donors (Lipinski definition) is 0. The first-order chi connectivity index (χ1) is 14.7. The minimum absolute atomic E-state index is 0.187. The third kappa shape index (κ3) is 3.90. The molecule has 3 aromatic rings. The summed E-state index contributed by atoms with van der Waals surface area (Å²) < 4.78 is 44.5. The van der Waals surface area contributed by atoms with Crippen LogP contribution in [0.25, 0.3) is 11.6 Å². The predicted octanol–water partition coefficient (Wildman–Crippen LogP) is 5.04. The van der Waals surface area contributed by atoms with Crippen LogP contribution in [0.2, 0.25) is 0 Å². The van der Waals surface area contributed by atoms with Crippen LogP contribution in [0.15, 0.2) is 64.5 Å². The second-order valence-corrected chi connectivity index (χ2v) is 7.82. The number of alkyl halides is 3. The van der Waals surface area contributed by atoms with Gasteiger partial charge in [-0.1, -0.05) is 24.8 Å². The Bertz CT molecular complexity index is 1160. The van der Waals surface area contributed by atoms with E-state index in [0.29, 0.717) is 28.0 Å². The summed E-state index contributed by atoms with van der Waals surface area (Å²) in [7, 11) is 3.32. The topological polar surface area (TPSA) is 62.5 Å². The number of thioether (sulfide) groups is 1. The zero-order valence-electron chi connectivity index (χ0n) is 16.6. The van der Waals surface area contributed by atoms with Gasteiger partial charge < -0.3 is 9.32 Å². The fourth-order valence-electron chi connectivity index (χ4n) is 3.10. The predicted molar refractivity (Wildman–Crippen MR) is 110 cm³/mol. The molecule has 0 N–H and O–H groups in total. The SMILES string of the molecule is C=C1N(C)C(=O)c2c(SCc3cccc(C(F)(F)F)c3)nc(-c3ccco3)nc2N1C. The molecule has 6 nitrogen and oxygen atoms in total. The summed E-state index contributed by atoms with van der Waals surface area (Å²) in [4.78, 5) is 25.0. The molecule has 0 saturated carbocycles. The number of nitrogens with zero attached hydrogens (tertiary/aromatic N) is 4. The number of halogens is 3. The minimum Gasteiger partial charge on any atom is -0.461 e. The summed E-state index contributed by atoms with van der Waals surface area (Å²) >= 11 is 1.16. The second-order valence-electron chi connectivity index (χ2n) is 6.85. The summed E-state index contributed by atoms with van der Waals surface area (Å²) in [6.45, 7) is 3.91. The average Bonchev–Trinajstić information content (AvgIpc) is 3.28. The molecule has 0 atom stereocenters. The molecule has 0 saturated heterocycles. The molecule has 0 radical (unpaired) electrons. The van der Waals surface area contributed by atoms with Crippen molar-refractivity contribution in [3.63, 3.8) is 0 Å². The van der Waals surface area contributed by atoms with Crippen molar-refractivity contribution in [1.82, 2.24) is 14.9 Å². The lowest BCUT2D eigenvalue weighted by Crippen LogP contribution is -2.41. The highest BCUT2D eigenvalue weighted by molar-refractivity contribution is 7.98. The number of carbonyl (C=O) groups excluding carboxylic acids is 1. The number of aromatic nitrogens is 2. The van der Waals surface area contributed by atoms with Crippen LogP contribution in [0.5, 0.6) is 0 Å². The van der Waals surface area contributed by atoms with Gasteiger partial charge in [-0.3, -0.25) is 9.69 Å². The molecule has 3 heterocycles. The third-order valence-electron chi connectivity index (χ3n) is 4.84. The molecule has 0 fully saturated rings. The quantitative estimate of drug-likeness (QED) is 0.413. The highest BCUT2D eigenvalue weighted by atomic mass is 32.2. The Hall–Kier alpha value is -3.27. The van der Waals surface area contributed by atoms with Crippen LogP contribution in [0.1, 0.15) is 21.5 Å². The molecular weight excluding hydrogens is 429 g/mol. The fourth-order valence-corrected chi connectivity index (χ4v) is 4.06. The third-order valence-corrected chi connectivity index (χ3v) is 5.89. The average molecular weight is 446 g/mol. The van der Waals surface area contributed by atoms with Gasteiger partial charge in [0.15, 0.2) is 17.4 Å². The van der Waals surface area contributed by atoms with Crippen molar-refractivity contribution in [1.29, 1.82) is 0 Å². The zero-order chi connectivity index (χ0) is 22.3. The minimum atomic E-state index is -4.43. The van der Waals surface area contributed by atoms with Crippen LogP contribution in [0.3, 0.4) is 0 Å². The maximum absolute atomic E-state index is 13.0. The van der Waals surface area contributed by atoms with Gasteiger partial charge in [-0.05, 0) is 23.8 Å². The van der Waals surface area contributed by atoms with Gasteiger partial charge in [-0.2, -0.15) is 13.2 Å². The largest absolute Gasteiger partial charge is 0.461 e. The molecule has 31 heavy (non-hydrogen) atoms. The molecule has 2 aromatic heterocycles. The highest BCUT2D eigenvalue weighted by Crippen LogP contribution is 2.38. The number of rotatable bonds is 4. The first kappa shape index (κ1) is 21.0. The maximum atomic E-state index is 13.0. The smallest absolute Gasteiger partial charge is 0.416 e. The van der Waals surface area contributed by atoms with Crippen LogP contribution in [0.4, 0.5) is 19.0 Å². The maximum Gasteiger partial charge on any atom is 0.416 e. The fraction of sp³-hybridized carbons (Fsp3) is 0.190. The highest BCUT2D eigenvalue weighted by Gasteiger charge is 2.34. The van der Waals surface area contributed by atoms with Crippen molar-refractivity contribution in [3.05, 3.63) is 71.8 Å². The second kappa shape index (κ2) is 7.77. The van der Waals surface area contributed by atoms with Crippen LogP contribution in [0, 0.1) is 0 Å². The molecule has 10 heteroatoms. The molecule has 1 amide bonds. The standard InChI is InChI=1S/C21H17F3N4O2S/c1-12-27(2)18-16(20(29)28(12)3)19(26-17(25-18)15-8-5-9-30-15)31-11-13-6-4-7-14(10-13)21(22,23)24/h4-10H,1,11H2,2-3H3. The van der Waals surface area contributed by atoms with Crippen molar-refractivity contribution in [3.8, 4) is 11.6 Å². The van der Waals surface area contributed by atoms with E-state index in [4.69, 9.17) is 4.42 Å². The number of hydrogen-bond acceptors (Lipinski definition) is 6. The van der Waals surface area contributed by atoms with Gasteiger partial charge in [0.2, 0.25) is 0 Å². The van der Waals surface area contributed by atoms with Crippen molar-refractivity contribution < 1.29 is 22.4 Å². The zero-order valence-corrected chi connectivity index (χ0v) is 17.4. The molecule has 0 aliphatic carbocycles. The lowest BCUT2D eigenvalue weighted by molar-refractivity contribution is -0.137. The molecule has 1 aliphatic rings. The monoisotopic (exact) mass is 446 g/mol. The molecule has 1 aromatic carbocycles. The number of anilines is 1. The van der Waals surface area contributed by atoms with Gasteiger partial charge in [-0.15, -0.1) is 11.8 Å². The van der Waals surface area contributed by atoms with Gasteiger partial charge in [0.05, 0.1) is 11.8 Å². The Balaban J connectivity index is 1.76. The Morgan fingerprint density at radius 2 is 1.90 bits per heavy atom. The Morgan fingerprint density at radius 3 is 2.58 bits per heavy atom. The summed E-state index contributed by atoms with van der Waals surface area (Å²) in [5.41, 5.74) is 0.00392. The van der Waals surface area contributed by atoms with Crippen LogP contribution < -0.4 is 4.90 Å². The number of fused-ring (bicyclic) bond motifs is 1. The van der Waals surface area contributed by atoms with Crippen molar-refractivity contribution >= 4 is 23.5 Å². The van der Waals surface area contributed by atoms with Gasteiger partial charge in [0.1, 0.15) is 16.4 Å². The molecule has 0 bridgehead atoms. The number of amides is 1. The first-order valence-corrected chi connectivity index (χ1v) is 10.1. The van der Waals surface area contributed by atoms with E-state index in [9.17, 15) is 18.0 Å². The lowest BCUT2D eigenvalue weighted by Gasteiger charge is -2.35. The van der Waals surface area contributed by atoms with E-state index in [0.717, 1.165) is 23.9 Å². The molecule has 160 valence electrons. The van der Waals surface area contributed by atoms with E-state index in [1.165, 1.54) is 17.2 Å². The van der Waals surface area contributed by atoms with Gasteiger partial charge in [0.25, 0.3) is 5.91 Å². The van der Waals surface area contributed by atoms with E-state index in [2.05, 4.69) is 16.5 Å². The Kier molecular flexibility index (Phi) is 5.26. The summed E-state index contributed by atoms with van der Waals surface area (Å²) in [5.74, 6) is 1.33.